The molecule has 0 aliphatic carbocycles. The minimum absolute atomic E-state index is 0.219. The van der Waals surface area contributed by atoms with Crippen molar-refractivity contribution in [1.29, 1.82) is 0 Å². The van der Waals surface area contributed by atoms with Gasteiger partial charge in [0.25, 0.3) is 0 Å². The average molecular weight is 431 g/mol. The molecule has 1 aliphatic rings. The van der Waals surface area contributed by atoms with Crippen LogP contribution in [0.4, 0.5) is 4.79 Å². The van der Waals surface area contributed by atoms with Gasteiger partial charge >= 0.3 is 6.09 Å². The lowest BCUT2D eigenvalue weighted by atomic mass is 10.1. The van der Waals surface area contributed by atoms with Crippen LogP contribution in [0.1, 0.15) is 24.6 Å². The molecule has 2 heterocycles. The van der Waals surface area contributed by atoms with Crippen molar-refractivity contribution in [2.45, 2.75) is 32.4 Å². The second kappa shape index (κ2) is 10.9. The first-order valence-corrected chi connectivity index (χ1v) is 11.1. The van der Waals surface area contributed by atoms with E-state index in [2.05, 4.69) is 39.9 Å². The molecule has 1 aromatic heterocycles. The van der Waals surface area contributed by atoms with Crippen LogP contribution in [-0.2, 0) is 11.3 Å². The molecule has 1 saturated heterocycles. The summed E-state index contributed by atoms with van der Waals surface area (Å²) in [5.74, 6) is 1.64. The van der Waals surface area contributed by atoms with Gasteiger partial charge in [-0.25, -0.2) is 4.79 Å². The fraction of sp³-hybridized carbons (Fsp3) is 0.455. The van der Waals surface area contributed by atoms with E-state index in [0.717, 1.165) is 24.6 Å². The topological polar surface area (TPSA) is 75.2 Å². The van der Waals surface area contributed by atoms with E-state index >= 15 is 0 Å². The van der Waals surface area contributed by atoms with Gasteiger partial charge < -0.3 is 25.0 Å². The van der Waals surface area contributed by atoms with E-state index in [0.29, 0.717) is 32.3 Å². The Morgan fingerprint density at radius 2 is 1.93 bits per heavy atom. The van der Waals surface area contributed by atoms with Crippen molar-refractivity contribution < 1.29 is 14.3 Å². The minimum atomic E-state index is -0.219. The van der Waals surface area contributed by atoms with E-state index in [4.69, 9.17) is 9.47 Å². The smallest absolute Gasteiger partial charge is 0.409 e. The number of piperidine rings is 1. The number of guanidine groups is 1. The van der Waals surface area contributed by atoms with E-state index in [-0.39, 0.29) is 6.09 Å². The summed E-state index contributed by atoms with van der Waals surface area (Å²) in [6.07, 6.45) is 1.53. The normalized spacial score (nSPS) is 15.0. The number of carbonyl (C=O) groups excluding carboxylic acids is 1. The molecule has 162 valence electrons. The van der Waals surface area contributed by atoms with Crippen molar-refractivity contribution in [3.63, 3.8) is 0 Å². The Labute approximate surface area is 182 Å². The highest BCUT2D eigenvalue weighted by Crippen LogP contribution is 2.29. The van der Waals surface area contributed by atoms with Gasteiger partial charge in [-0.05, 0) is 61.7 Å². The van der Waals surface area contributed by atoms with Gasteiger partial charge in [-0.1, -0.05) is 0 Å². The van der Waals surface area contributed by atoms with Gasteiger partial charge in [0.05, 0.1) is 20.3 Å². The number of thiophene rings is 1. The van der Waals surface area contributed by atoms with Crippen LogP contribution in [0.25, 0.3) is 10.4 Å². The zero-order valence-electron chi connectivity index (χ0n) is 17.8. The van der Waals surface area contributed by atoms with Gasteiger partial charge in [0.15, 0.2) is 5.96 Å². The Hall–Kier alpha value is -2.74. The number of ether oxygens (including phenoxy) is 2. The molecule has 2 N–H and O–H groups in total. The maximum absolute atomic E-state index is 11.8. The van der Waals surface area contributed by atoms with Gasteiger partial charge in [0, 0.05) is 35.9 Å². The number of hydrogen-bond donors (Lipinski definition) is 2. The number of hydrogen-bond acceptors (Lipinski definition) is 5. The Balaban J connectivity index is 1.47. The molecular formula is C22H30N4O3S. The second-order valence-electron chi connectivity index (χ2n) is 7.02. The highest BCUT2D eigenvalue weighted by atomic mass is 32.1. The van der Waals surface area contributed by atoms with Crippen molar-refractivity contribution in [2.24, 2.45) is 4.99 Å². The van der Waals surface area contributed by atoms with E-state index in [1.807, 2.05) is 19.1 Å². The largest absolute Gasteiger partial charge is 0.497 e. The molecule has 0 bridgehead atoms. The van der Waals surface area contributed by atoms with Crippen molar-refractivity contribution in [2.75, 3.05) is 33.9 Å². The fourth-order valence-corrected chi connectivity index (χ4v) is 4.32. The highest BCUT2D eigenvalue weighted by Gasteiger charge is 2.24. The lowest BCUT2D eigenvalue weighted by Crippen LogP contribution is -2.49. The van der Waals surface area contributed by atoms with E-state index in [1.165, 1.54) is 15.3 Å². The molecule has 8 heteroatoms. The SMILES string of the molecule is CCOC(=O)N1CCC(NC(=NC)NCc2ccc(-c3ccc(OC)cc3)s2)CC1. The van der Waals surface area contributed by atoms with Crippen LogP contribution in [0.15, 0.2) is 41.4 Å². The highest BCUT2D eigenvalue weighted by molar-refractivity contribution is 7.15. The molecule has 1 aromatic carbocycles. The molecule has 2 aromatic rings. The summed E-state index contributed by atoms with van der Waals surface area (Å²) in [6, 6.07) is 12.7. The summed E-state index contributed by atoms with van der Waals surface area (Å²) < 4.78 is 10.3. The molecule has 30 heavy (non-hydrogen) atoms. The first kappa shape index (κ1) is 22.0. The van der Waals surface area contributed by atoms with Crippen LogP contribution >= 0.6 is 11.3 Å². The second-order valence-corrected chi connectivity index (χ2v) is 8.19. The summed E-state index contributed by atoms with van der Waals surface area (Å²) in [5, 5.41) is 6.86. The third-order valence-corrected chi connectivity index (χ3v) is 6.19. The number of nitrogens with zero attached hydrogens (tertiary/aromatic N) is 2. The Bertz CT molecular complexity index is 842. The quantitative estimate of drug-likeness (QED) is 0.540. The summed E-state index contributed by atoms with van der Waals surface area (Å²) in [6.45, 7) is 4.35. The number of amides is 1. The maximum atomic E-state index is 11.8. The Morgan fingerprint density at radius 3 is 2.57 bits per heavy atom. The Morgan fingerprint density at radius 1 is 1.20 bits per heavy atom. The van der Waals surface area contributed by atoms with Gasteiger partial charge in [0.2, 0.25) is 0 Å². The molecular weight excluding hydrogens is 400 g/mol. The van der Waals surface area contributed by atoms with Crippen molar-refractivity contribution in [3.05, 3.63) is 41.3 Å². The molecule has 0 spiro atoms. The number of carbonyl (C=O) groups is 1. The number of benzene rings is 1. The maximum Gasteiger partial charge on any atom is 0.409 e. The molecule has 0 atom stereocenters. The lowest BCUT2D eigenvalue weighted by molar-refractivity contribution is 0.0963. The van der Waals surface area contributed by atoms with Crippen molar-refractivity contribution >= 4 is 23.4 Å². The van der Waals surface area contributed by atoms with Crippen molar-refractivity contribution in [1.82, 2.24) is 15.5 Å². The number of aliphatic imine (C=N–C) groups is 1. The fourth-order valence-electron chi connectivity index (χ4n) is 3.36. The van der Waals surface area contributed by atoms with E-state index in [9.17, 15) is 4.79 Å². The predicted octanol–water partition coefficient (Wildman–Crippen LogP) is 3.71. The summed E-state index contributed by atoms with van der Waals surface area (Å²) >= 11 is 1.76. The zero-order valence-corrected chi connectivity index (χ0v) is 18.6. The van der Waals surface area contributed by atoms with Crippen LogP contribution in [0.3, 0.4) is 0 Å². The molecule has 0 radical (unpaired) electrons. The molecule has 1 fully saturated rings. The lowest BCUT2D eigenvalue weighted by Gasteiger charge is -2.32. The summed E-state index contributed by atoms with van der Waals surface area (Å²) in [4.78, 5) is 20.4. The zero-order chi connectivity index (χ0) is 21.3. The molecule has 3 rings (SSSR count). The number of nitrogens with one attached hydrogen (secondary N) is 2. The van der Waals surface area contributed by atoms with Gasteiger partial charge in [-0.3, -0.25) is 4.99 Å². The first-order chi connectivity index (χ1) is 14.6. The van der Waals surface area contributed by atoms with Crippen LogP contribution in [0, 0.1) is 0 Å². The molecule has 7 nitrogen and oxygen atoms in total. The molecule has 0 saturated carbocycles. The number of methoxy groups -OCH3 is 1. The van der Waals surface area contributed by atoms with Crippen molar-refractivity contribution in [3.8, 4) is 16.2 Å². The summed E-state index contributed by atoms with van der Waals surface area (Å²) in [7, 11) is 3.45. The first-order valence-electron chi connectivity index (χ1n) is 10.2. The average Bonchev–Trinajstić information content (AvgIpc) is 3.26. The molecule has 0 unspecified atom stereocenters. The van der Waals surface area contributed by atoms with Gasteiger partial charge in [-0.2, -0.15) is 0 Å². The number of likely N-dealkylation sites (tertiary alicyclic amines) is 1. The third kappa shape index (κ3) is 5.89. The Kier molecular flexibility index (Phi) is 7.96. The van der Waals surface area contributed by atoms with E-state index < -0.39 is 0 Å². The predicted molar refractivity (Wildman–Crippen MR) is 121 cm³/mol. The molecule has 1 aliphatic heterocycles. The van der Waals surface area contributed by atoms with Gasteiger partial charge in [-0.15, -0.1) is 11.3 Å². The van der Waals surface area contributed by atoms with Crippen LogP contribution in [0.2, 0.25) is 0 Å². The monoisotopic (exact) mass is 430 g/mol. The van der Waals surface area contributed by atoms with Crippen LogP contribution in [-0.4, -0.2) is 56.8 Å². The van der Waals surface area contributed by atoms with Crippen LogP contribution < -0.4 is 15.4 Å². The minimum Gasteiger partial charge on any atom is -0.497 e. The van der Waals surface area contributed by atoms with Crippen LogP contribution in [0.5, 0.6) is 5.75 Å². The third-order valence-electron chi connectivity index (χ3n) is 5.05. The molecule has 1 amide bonds. The standard InChI is InChI=1S/C22H30N4O3S/c1-4-29-22(27)26-13-11-17(12-14-26)25-21(23-2)24-15-19-9-10-20(30-19)16-5-7-18(28-3)8-6-16/h5-10,17H,4,11-15H2,1-3H3,(H2,23,24,25). The van der Waals surface area contributed by atoms with Gasteiger partial charge in [0.1, 0.15) is 5.75 Å². The number of rotatable bonds is 6. The summed E-state index contributed by atoms with van der Waals surface area (Å²) in [5.41, 5.74) is 1.18. The van der Waals surface area contributed by atoms with E-state index in [1.54, 1.807) is 30.4 Å².